The van der Waals surface area contributed by atoms with Crippen molar-refractivity contribution in [2.45, 2.75) is 38.8 Å². The van der Waals surface area contributed by atoms with Crippen molar-refractivity contribution in [1.29, 1.82) is 0 Å². The van der Waals surface area contributed by atoms with Crippen LogP contribution in [-0.2, 0) is 23.1 Å². The zero-order chi connectivity index (χ0) is 26.7. The number of halogens is 3. The van der Waals surface area contributed by atoms with Crippen LogP contribution in [0.2, 0.25) is 10.0 Å². The van der Waals surface area contributed by atoms with Gasteiger partial charge in [0.25, 0.3) is 5.91 Å². The lowest BCUT2D eigenvalue weighted by Crippen LogP contribution is -2.32. The van der Waals surface area contributed by atoms with E-state index in [4.69, 9.17) is 23.2 Å². The molecule has 0 saturated carbocycles. The highest BCUT2D eigenvalue weighted by Gasteiger charge is 2.29. The van der Waals surface area contributed by atoms with E-state index in [-0.39, 0.29) is 34.5 Å². The number of phenolic OH excluding ortho intramolecular Hbond substituents is 1. The minimum absolute atomic E-state index is 0.0451. The van der Waals surface area contributed by atoms with E-state index >= 15 is 0 Å². The Hall–Kier alpha value is -2.65. The molecule has 0 unspecified atom stereocenters. The van der Waals surface area contributed by atoms with Crippen molar-refractivity contribution in [2.24, 2.45) is 5.41 Å². The van der Waals surface area contributed by atoms with Gasteiger partial charge in [-0.15, -0.1) is 0 Å². The van der Waals surface area contributed by atoms with Crippen molar-refractivity contribution in [3.63, 3.8) is 0 Å². The molecule has 3 rings (SSSR count). The van der Waals surface area contributed by atoms with Gasteiger partial charge in [0.2, 0.25) is 10.0 Å². The molecule has 0 heterocycles. The molecule has 0 aliphatic heterocycles. The SMILES string of the molecule is CC(C)(C)CNC(=O)c1ccc(CN(Cc2ccc(F)cc2)S(=O)(=O)c2cc(Cl)cc(Cl)c2O)cc1. The van der Waals surface area contributed by atoms with Crippen LogP contribution < -0.4 is 5.32 Å². The Morgan fingerprint density at radius 3 is 2.03 bits per heavy atom. The average molecular weight is 553 g/mol. The van der Waals surface area contributed by atoms with Crippen molar-refractivity contribution in [1.82, 2.24) is 9.62 Å². The maximum Gasteiger partial charge on any atom is 0.251 e. The normalized spacial score (nSPS) is 12.1. The molecule has 1 amide bonds. The molecule has 192 valence electrons. The summed E-state index contributed by atoms with van der Waals surface area (Å²) in [5.41, 5.74) is 1.50. The summed E-state index contributed by atoms with van der Waals surface area (Å²) in [6.45, 7) is 6.34. The van der Waals surface area contributed by atoms with Crippen molar-refractivity contribution in [3.05, 3.63) is 93.2 Å². The first kappa shape index (κ1) is 27.9. The zero-order valence-electron chi connectivity index (χ0n) is 20.1. The maximum atomic E-state index is 13.6. The molecule has 0 radical (unpaired) electrons. The number of hydrogen-bond donors (Lipinski definition) is 2. The summed E-state index contributed by atoms with van der Waals surface area (Å²) in [6, 6.07) is 14.3. The molecule has 2 N–H and O–H groups in total. The number of phenols is 1. The Balaban J connectivity index is 1.92. The fraction of sp³-hybridized carbons (Fsp3) is 0.269. The van der Waals surface area contributed by atoms with Crippen LogP contribution in [0, 0.1) is 11.2 Å². The van der Waals surface area contributed by atoms with Gasteiger partial charge in [0.05, 0.1) is 5.02 Å². The van der Waals surface area contributed by atoms with Gasteiger partial charge in [-0.1, -0.05) is 68.2 Å². The summed E-state index contributed by atoms with van der Waals surface area (Å²) in [7, 11) is -4.29. The highest BCUT2D eigenvalue weighted by Crippen LogP contribution is 2.36. The molecule has 6 nitrogen and oxygen atoms in total. The summed E-state index contributed by atoms with van der Waals surface area (Å²) in [4.78, 5) is 12.0. The largest absolute Gasteiger partial charge is 0.505 e. The average Bonchev–Trinajstić information content (AvgIpc) is 2.80. The molecule has 0 aromatic heterocycles. The fourth-order valence-electron chi connectivity index (χ4n) is 3.31. The van der Waals surface area contributed by atoms with E-state index in [9.17, 15) is 22.7 Å². The Labute approximate surface area is 220 Å². The monoisotopic (exact) mass is 552 g/mol. The van der Waals surface area contributed by atoms with Crippen LogP contribution >= 0.6 is 23.2 Å². The number of carbonyl (C=O) groups excluding carboxylic acids is 1. The van der Waals surface area contributed by atoms with E-state index in [1.807, 2.05) is 20.8 Å². The molecular weight excluding hydrogens is 526 g/mol. The third kappa shape index (κ3) is 7.20. The molecule has 0 aliphatic carbocycles. The summed E-state index contributed by atoms with van der Waals surface area (Å²) in [5, 5.41) is 13.1. The highest BCUT2D eigenvalue weighted by molar-refractivity contribution is 7.89. The van der Waals surface area contributed by atoms with Crippen molar-refractivity contribution >= 4 is 39.1 Å². The summed E-state index contributed by atoms with van der Waals surface area (Å²) < 4.78 is 41.7. The van der Waals surface area contributed by atoms with Gasteiger partial charge < -0.3 is 10.4 Å². The van der Waals surface area contributed by atoms with Crippen LogP contribution in [-0.4, -0.2) is 30.3 Å². The van der Waals surface area contributed by atoms with Crippen LogP contribution in [0.15, 0.2) is 65.6 Å². The van der Waals surface area contributed by atoms with Gasteiger partial charge >= 0.3 is 0 Å². The quantitative estimate of drug-likeness (QED) is 0.358. The molecule has 36 heavy (non-hydrogen) atoms. The lowest BCUT2D eigenvalue weighted by molar-refractivity contribution is 0.0939. The topological polar surface area (TPSA) is 86.7 Å². The number of nitrogens with one attached hydrogen (secondary N) is 1. The number of rotatable bonds is 8. The molecule has 0 atom stereocenters. The lowest BCUT2D eigenvalue weighted by Gasteiger charge is -2.23. The van der Waals surface area contributed by atoms with Gasteiger partial charge in [-0.3, -0.25) is 4.79 Å². The summed E-state index contributed by atoms with van der Waals surface area (Å²) in [6.07, 6.45) is 0. The molecule has 0 aliphatic rings. The molecule has 0 saturated heterocycles. The zero-order valence-corrected chi connectivity index (χ0v) is 22.4. The van der Waals surface area contributed by atoms with Crippen LogP contribution in [0.4, 0.5) is 4.39 Å². The molecule has 3 aromatic carbocycles. The van der Waals surface area contributed by atoms with Crippen molar-refractivity contribution in [3.8, 4) is 5.75 Å². The van der Waals surface area contributed by atoms with Crippen LogP contribution in [0.5, 0.6) is 5.75 Å². The van der Waals surface area contributed by atoms with E-state index in [2.05, 4.69) is 5.32 Å². The first-order valence-electron chi connectivity index (χ1n) is 11.1. The third-order valence-electron chi connectivity index (χ3n) is 5.24. The van der Waals surface area contributed by atoms with E-state index in [1.54, 1.807) is 24.3 Å². The third-order valence-corrected chi connectivity index (χ3v) is 7.55. The van der Waals surface area contributed by atoms with E-state index < -0.39 is 26.5 Å². The van der Waals surface area contributed by atoms with E-state index in [1.165, 1.54) is 30.3 Å². The number of hydrogen-bond acceptors (Lipinski definition) is 4. The fourth-order valence-corrected chi connectivity index (χ4v) is 5.47. The molecule has 3 aromatic rings. The van der Waals surface area contributed by atoms with Crippen LogP contribution in [0.25, 0.3) is 0 Å². The van der Waals surface area contributed by atoms with Crippen molar-refractivity contribution < 1.29 is 22.7 Å². The molecular formula is C26H27Cl2FN2O4S. The number of nitrogens with zero attached hydrogens (tertiary/aromatic N) is 1. The van der Waals surface area contributed by atoms with Gasteiger partial charge in [0.1, 0.15) is 10.7 Å². The Bertz CT molecular complexity index is 1340. The Kier molecular flexibility index (Phi) is 8.67. The Morgan fingerprint density at radius 1 is 0.972 bits per heavy atom. The van der Waals surface area contributed by atoms with Gasteiger partial charge in [-0.2, -0.15) is 4.31 Å². The predicted molar refractivity (Wildman–Crippen MR) is 139 cm³/mol. The Morgan fingerprint density at radius 2 is 1.50 bits per heavy atom. The summed E-state index contributed by atoms with van der Waals surface area (Å²) >= 11 is 12.0. The number of sulfonamides is 1. The van der Waals surface area contributed by atoms with Crippen LogP contribution in [0.3, 0.4) is 0 Å². The minimum atomic E-state index is -4.29. The smallest absolute Gasteiger partial charge is 0.251 e. The van der Waals surface area contributed by atoms with Gasteiger partial charge in [-0.25, -0.2) is 12.8 Å². The number of amides is 1. The predicted octanol–water partition coefficient (Wildman–Crippen LogP) is 6.01. The van der Waals surface area contributed by atoms with Gasteiger partial charge in [-0.05, 0) is 52.9 Å². The van der Waals surface area contributed by atoms with Gasteiger partial charge in [0, 0.05) is 30.2 Å². The van der Waals surface area contributed by atoms with E-state index in [0.29, 0.717) is 23.2 Å². The maximum absolute atomic E-state index is 13.6. The lowest BCUT2D eigenvalue weighted by atomic mass is 9.97. The molecule has 0 spiro atoms. The second-order valence-corrected chi connectivity index (χ2v) is 12.3. The molecule has 0 bridgehead atoms. The molecule has 0 fully saturated rings. The second kappa shape index (κ2) is 11.2. The van der Waals surface area contributed by atoms with Gasteiger partial charge in [0.15, 0.2) is 5.75 Å². The first-order valence-corrected chi connectivity index (χ1v) is 13.3. The number of aromatic hydroxyl groups is 1. The van der Waals surface area contributed by atoms with Crippen LogP contribution in [0.1, 0.15) is 42.3 Å². The van der Waals surface area contributed by atoms with E-state index in [0.717, 1.165) is 10.4 Å². The first-order chi connectivity index (χ1) is 16.8. The molecule has 10 heteroatoms. The number of carbonyl (C=O) groups is 1. The highest BCUT2D eigenvalue weighted by atomic mass is 35.5. The number of benzene rings is 3. The minimum Gasteiger partial charge on any atom is -0.505 e. The van der Waals surface area contributed by atoms with Crippen molar-refractivity contribution in [2.75, 3.05) is 6.54 Å². The standard InChI is InChI=1S/C26H27Cl2FN2O4S/c1-26(2,3)16-30-25(33)19-8-4-17(5-9-19)14-31(15-18-6-10-21(29)11-7-18)36(34,35)23-13-20(27)12-22(28)24(23)32/h4-13,32H,14-16H2,1-3H3,(H,30,33). The second-order valence-electron chi connectivity index (χ2n) is 9.57. The summed E-state index contributed by atoms with van der Waals surface area (Å²) in [5.74, 6) is -1.30.